The van der Waals surface area contributed by atoms with Gasteiger partial charge in [-0.15, -0.1) is 21.5 Å². The number of aryl methyl sites for hydroxylation is 1. The van der Waals surface area contributed by atoms with E-state index in [0.717, 1.165) is 53.3 Å². The number of hydrogen-bond acceptors (Lipinski definition) is 7. The number of hydrogen-bond donors (Lipinski definition) is 1. The van der Waals surface area contributed by atoms with Crippen molar-refractivity contribution in [2.45, 2.75) is 56.0 Å². The molecule has 1 N–H and O–H groups in total. The Labute approximate surface area is 228 Å². The molecule has 0 spiro atoms. The van der Waals surface area contributed by atoms with E-state index >= 15 is 0 Å². The fourth-order valence-corrected chi connectivity index (χ4v) is 7.14. The number of thioether (sulfide) groups is 1. The van der Waals surface area contributed by atoms with Crippen molar-refractivity contribution < 1.29 is 4.79 Å². The number of carbonyl (C=O) groups excluding carboxylic acids is 1. The minimum Gasteiger partial charge on any atom is -0.319 e. The highest BCUT2D eigenvalue weighted by molar-refractivity contribution is 8.00. The van der Waals surface area contributed by atoms with Gasteiger partial charge in [-0.1, -0.05) is 67.2 Å². The summed E-state index contributed by atoms with van der Waals surface area (Å²) in [5.41, 5.74) is 5.46. The van der Waals surface area contributed by atoms with E-state index in [9.17, 15) is 10.1 Å². The Kier molecular flexibility index (Phi) is 6.83. The number of rotatable bonds is 7. The highest BCUT2D eigenvalue weighted by atomic mass is 32.2. The van der Waals surface area contributed by atoms with Crippen molar-refractivity contribution in [1.29, 1.82) is 5.26 Å². The summed E-state index contributed by atoms with van der Waals surface area (Å²) in [6.07, 6.45) is 4.71. The van der Waals surface area contributed by atoms with Crippen LogP contribution < -0.4 is 5.32 Å². The molecule has 7 nitrogen and oxygen atoms in total. The standard InChI is InChI=1S/C29H26N6OS2/c1-2-23(27(36)32-28-21(16-30)19-12-7-9-15-24(19)37-28)38-29-31-26-25(33-34-29)20-13-6-8-14-22(20)35(26)17-18-10-4-3-5-11-18/h3-6,8,10-11,13-14,23H,2,7,9,12,15,17H2,1H3,(H,32,36)/t23-/m1/s1. The molecular formula is C29H26N6OS2. The lowest BCUT2D eigenvalue weighted by Crippen LogP contribution is -2.25. The Hall–Kier alpha value is -3.74. The molecule has 1 aliphatic rings. The number of aromatic nitrogens is 4. The van der Waals surface area contributed by atoms with E-state index < -0.39 is 5.25 Å². The molecule has 6 rings (SSSR count). The second-order valence-corrected chi connectivity index (χ2v) is 11.7. The van der Waals surface area contributed by atoms with E-state index in [1.165, 1.54) is 22.2 Å². The van der Waals surface area contributed by atoms with E-state index in [2.05, 4.69) is 44.3 Å². The number of benzene rings is 2. The first kappa shape index (κ1) is 24.6. The van der Waals surface area contributed by atoms with E-state index in [4.69, 9.17) is 4.98 Å². The highest BCUT2D eigenvalue weighted by Gasteiger charge is 2.26. The maximum Gasteiger partial charge on any atom is 0.238 e. The van der Waals surface area contributed by atoms with Crippen molar-refractivity contribution in [3.8, 4) is 6.07 Å². The highest BCUT2D eigenvalue weighted by Crippen LogP contribution is 2.38. The van der Waals surface area contributed by atoms with Gasteiger partial charge in [-0.2, -0.15) is 5.26 Å². The smallest absolute Gasteiger partial charge is 0.238 e. The lowest BCUT2D eigenvalue weighted by atomic mass is 9.96. The molecule has 0 saturated heterocycles. The van der Waals surface area contributed by atoms with Gasteiger partial charge >= 0.3 is 0 Å². The second-order valence-electron chi connectivity index (χ2n) is 9.39. The van der Waals surface area contributed by atoms with Crippen molar-refractivity contribution in [3.63, 3.8) is 0 Å². The van der Waals surface area contributed by atoms with Gasteiger partial charge in [0.05, 0.1) is 16.3 Å². The van der Waals surface area contributed by atoms with Crippen LogP contribution in [0, 0.1) is 11.3 Å². The Morgan fingerprint density at radius 1 is 1.13 bits per heavy atom. The third-order valence-corrected chi connectivity index (χ3v) is 9.39. The van der Waals surface area contributed by atoms with Gasteiger partial charge in [0.1, 0.15) is 16.6 Å². The zero-order valence-corrected chi connectivity index (χ0v) is 22.6. The summed E-state index contributed by atoms with van der Waals surface area (Å²) in [6, 6.07) is 20.7. The number of amides is 1. The number of nitriles is 1. The third kappa shape index (κ3) is 4.55. The summed E-state index contributed by atoms with van der Waals surface area (Å²) in [4.78, 5) is 19.5. The molecule has 5 aromatic rings. The normalized spacial score (nSPS) is 13.8. The molecule has 0 fully saturated rings. The van der Waals surface area contributed by atoms with Crippen molar-refractivity contribution in [2.75, 3.05) is 5.32 Å². The average molecular weight is 539 g/mol. The van der Waals surface area contributed by atoms with Crippen molar-refractivity contribution in [3.05, 3.63) is 76.2 Å². The zero-order chi connectivity index (χ0) is 26.1. The summed E-state index contributed by atoms with van der Waals surface area (Å²) in [5.74, 6) is -0.138. The Balaban J connectivity index is 1.30. The molecule has 0 radical (unpaired) electrons. The fraction of sp³-hybridized carbons (Fsp3) is 0.276. The van der Waals surface area contributed by atoms with Crippen LogP contribution in [0.3, 0.4) is 0 Å². The number of thiophene rings is 1. The van der Waals surface area contributed by atoms with Crippen LogP contribution in [0.2, 0.25) is 0 Å². The quantitative estimate of drug-likeness (QED) is 0.243. The second kappa shape index (κ2) is 10.6. The van der Waals surface area contributed by atoms with E-state index in [0.29, 0.717) is 28.7 Å². The molecule has 3 heterocycles. The maximum atomic E-state index is 13.3. The molecule has 0 unspecified atom stereocenters. The molecule has 1 atom stereocenters. The molecule has 38 heavy (non-hydrogen) atoms. The van der Waals surface area contributed by atoms with Crippen LogP contribution in [0.5, 0.6) is 0 Å². The first-order valence-electron chi connectivity index (χ1n) is 12.8. The third-order valence-electron chi connectivity index (χ3n) is 6.97. The Morgan fingerprint density at radius 2 is 1.92 bits per heavy atom. The average Bonchev–Trinajstić information content (AvgIpc) is 3.46. The largest absolute Gasteiger partial charge is 0.319 e. The summed E-state index contributed by atoms with van der Waals surface area (Å²) in [5, 5.41) is 23.5. The SMILES string of the molecule is CC[C@@H](Sc1nnc2c3ccccc3n(Cc3ccccc3)c2n1)C(=O)Nc1sc2c(c1C#N)CCCC2. The van der Waals surface area contributed by atoms with E-state index in [1.807, 2.05) is 43.3 Å². The minimum atomic E-state index is -0.410. The lowest BCUT2D eigenvalue weighted by Gasteiger charge is -2.13. The molecule has 9 heteroatoms. The number of nitrogens with zero attached hydrogens (tertiary/aromatic N) is 5. The molecule has 1 aliphatic carbocycles. The van der Waals surface area contributed by atoms with Crippen LogP contribution in [-0.2, 0) is 24.2 Å². The van der Waals surface area contributed by atoms with Gasteiger partial charge < -0.3 is 9.88 Å². The first-order chi connectivity index (χ1) is 18.7. The van der Waals surface area contributed by atoms with Gasteiger partial charge in [0.15, 0.2) is 5.65 Å². The number of anilines is 1. The van der Waals surface area contributed by atoms with Crippen molar-refractivity contribution in [1.82, 2.24) is 19.7 Å². The first-order valence-corrected chi connectivity index (χ1v) is 14.5. The van der Waals surface area contributed by atoms with Gasteiger partial charge in [0, 0.05) is 16.8 Å². The summed E-state index contributed by atoms with van der Waals surface area (Å²) >= 11 is 2.86. The molecule has 3 aromatic heterocycles. The lowest BCUT2D eigenvalue weighted by molar-refractivity contribution is -0.115. The molecule has 0 saturated carbocycles. The number of nitrogens with one attached hydrogen (secondary N) is 1. The Morgan fingerprint density at radius 3 is 2.74 bits per heavy atom. The molecule has 2 aromatic carbocycles. The van der Waals surface area contributed by atoms with Crippen LogP contribution in [0.25, 0.3) is 22.1 Å². The summed E-state index contributed by atoms with van der Waals surface area (Å²) < 4.78 is 2.16. The van der Waals surface area contributed by atoms with Crippen LogP contribution >= 0.6 is 23.1 Å². The number of carbonyl (C=O) groups is 1. The van der Waals surface area contributed by atoms with Crippen LogP contribution in [0.1, 0.15) is 47.8 Å². The van der Waals surface area contributed by atoms with Gasteiger partial charge in [0.25, 0.3) is 0 Å². The van der Waals surface area contributed by atoms with E-state index in [1.54, 1.807) is 11.3 Å². The maximum absolute atomic E-state index is 13.3. The van der Waals surface area contributed by atoms with Crippen molar-refractivity contribution in [2.24, 2.45) is 0 Å². The topological polar surface area (TPSA) is 96.5 Å². The molecule has 0 aliphatic heterocycles. The predicted molar refractivity (Wildman–Crippen MR) is 153 cm³/mol. The van der Waals surface area contributed by atoms with Gasteiger partial charge in [-0.3, -0.25) is 4.79 Å². The number of para-hydroxylation sites is 1. The minimum absolute atomic E-state index is 0.138. The fourth-order valence-electron chi connectivity index (χ4n) is 5.08. The zero-order valence-electron chi connectivity index (χ0n) is 21.0. The van der Waals surface area contributed by atoms with Gasteiger partial charge in [-0.25, -0.2) is 4.98 Å². The van der Waals surface area contributed by atoms with Gasteiger partial charge in [0.2, 0.25) is 11.1 Å². The van der Waals surface area contributed by atoms with Crippen LogP contribution in [-0.4, -0.2) is 30.9 Å². The summed E-state index contributed by atoms with van der Waals surface area (Å²) in [7, 11) is 0. The van der Waals surface area contributed by atoms with Gasteiger partial charge in [-0.05, 0) is 49.3 Å². The van der Waals surface area contributed by atoms with Crippen LogP contribution in [0.4, 0.5) is 5.00 Å². The predicted octanol–water partition coefficient (Wildman–Crippen LogP) is 6.35. The van der Waals surface area contributed by atoms with E-state index in [-0.39, 0.29) is 5.91 Å². The monoisotopic (exact) mass is 538 g/mol. The van der Waals surface area contributed by atoms with Crippen molar-refractivity contribution >= 4 is 56.1 Å². The molecule has 1 amide bonds. The number of fused-ring (bicyclic) bond motifs is 4. The molecule has 190 valence electrons. The summed E-state index contributed by atoms with van der Waals surface area (Å²) in [6.45, 7) is 2.63. The Bertz CT molecular complexity index is 1680. The molecular weight excluding hydrogens is 512 g/mol. The molecule has 0 bridgehead atoms. The van der Waals surface area contributed by atoms with Crippen LogP contribution in [0.15, 0.2) is 59.8 Å².